The molecule has 0 spiro atoms. The Morgan fingerprint density at radius 3 is 2.56 bits per heavy atom. The van der Waals surface area contributed by atoms with E-state index in [2.05, 4.69) is 16.8 Å². The zero-order valence-corrected chi connectivity index (χ0v) is 10.4. The van der Waals surface area contributed by atoms with Crippen LogP contribution >= 0.6 is 0 Å². The van der Waals surface area contributed by atoms with Crippen LogP contribution in [0.2, 0.25) is 0 Å². The summed E-state index contributed by atoms with van der Waals surface area (Å²) < 4.78 is 0. The standard InChI is InChI=1S/C13H19N3O2/c1-2-8-16-9-4-3-5-11(16)13(18)15-14-12(17)10-6-7-10/h1,10-11H,3-9H2,(H,14,17)(H,15,18)/t11-/m1/s1. The molecule has 1 aliphatic heterocycles. The number of nitrogens with one attached hydrogen (secondary N) is 2. The smallest absolute Gasteiger partial charge is 0.255 e. The number of hydrogen-bond acceptors (Lipinski definition) is 3. The first-order valence-corrected chi connectivity index (χ1v) is 6.49. The van der Waals surface area contributed by atoms with Gasteiger partial charge in [-0.15, -0.1) is 6.42 Å². The number of amides is 2. The maximum Gasteiger partial charge on any atom is 0.255 e. The van der Waals surface area contributed by atoms with Crippen molar-refractivity contribution in [3.63, 3.8) is 0 Å². The highest BCUT2D eigenvalue weighted by atomic mass is 16.2. The zero-order valence-electron chi connectivity index (χ0n) is 10.4. The Balaban J connectivity index is 1.81. The molecule has 0 unspecified atom stereocenters. The first-order chi connectivity index (χ1) is 8.72. The summed E-state index contributed by atoms with van der Waals surface area (Å²) in [5.74, 6) is 2.44. The van der Waals surface area contributed by atoms with Gasteiger partial charge in [-0.1, -0.05) is 12.3 Å². The summed E-state index contributed by atoms with van der Waals surface area (Å²) in [4.78, 5) is 25.4. The molecule has 0 aromatic rings. The average molecular weight is 249 g/mol. The van der Waals surface area contributed by atoms with Crippen LogP contribution in [0.25, 0.3) is 0 Å². The molecule has 2 rings (SSSR count). The lowest BCUT2D eigenvalue weighted by atomic mass is 10.0. The summed E-state index contributed by atoms with van der Waals surface area (Å²) in [5.41, 5.74) is 5.00. The molecule has 1 saturated heterocycles. The van der Waals surface area contributed by atoms with Crippen LogP contribution in [0, 0.1) is 18.3 Å². The van der Waals surface area contributed by atoms with Gasteiger partial charge in [-0.25, -0.2) is 0 Å². The van der Waals surface area contributed by atoms with Gasteiger partial charge in [0.1, 0.15) is 0 Å². The van der Waals surface area contributed by atoms with Crippen molar-refractivity contribution in [3.05, 3.63) is 0 Å². The number of terminal acetylenes is 1. The first-order valence-electron chi connectivity index (χ1n) is 6.49. The van der Waals surface area contributed by atoms with Crippen molar-refractivity contribution in [1.29, 1.82) is 0 Å². The minimum atomic E-state index is -0.214. The average Bonchev–Trinajstić information content (AvgIpc) is 3.21. The fourth-order valence-electron chi connectivity index (χ4n) is 2.25. The molecule has 1 heterocycles. The Labute approximate surface area is 107 Å². The van der Waals surface area contributed by atoms with Gasteiger partial charge in [0.05, 0.1) is 12.6 Å². The topological polar surface area (TPSA) is 61.4 Å². The van der Waals surface area contributed by atoms with E-state index in [0.29, 0.717) is 6.54 Å². The highest BCUT2D eigenvalue weighted by Crippen LogP contribution is 2.28. The molecular formula is C13H19N3O2. The molecule has 2 amide bonds. The van der Waals surface area contributed by atoms with Crippen LogP contribution in [0.3, 0.4) is 0 Å². The van der Waals surface area contributed by atoms with Crippen LogP contribution < -0.4 is 10.9 Å². The van der Waals surface area contributed by atoms with Gasteiger partial charge in [-0.3, -0.25) is 25.3 Å². The quantitative estimate of drug-likeness (QED) is 0.548. The summed E-state index contributed by atoms with van der Waals surface area (Å²) in [7, 11) is 0. The molecule has 2 fully saturated rings. The molecule has 1 atom stereocenters. The molecule has 2 aliphatic rings. The Kier molecular flexibility index (Phi) is 4.21. The van der Waals surface area contributed by atoms with Gasteiger partial charge in [-0.05, 0) is 32.2 Å². The van der Waals surface area contributed by atoms with Crippen molar-refractivity contribution in [2.45, 2.75) is 38.1 Å². The van der Waals surface area contributed by atoms with Crippen LogP contribution in [0.4, 0.5) is 0 Å². The number of nitrogens with zero attached hydrogens (tertiary/aromatic N) is 1. The van der Waals surface area contributed by atoms with Crippen LogP contribution in [-0.2, 0) is 9.59 Å². The van der Waals surface area contributed by atoms with Crippen molar-refractivity contribution in [2.75, 3.05) is 13.1 Å². The number of carbonyl (C=O) groups is 2. The van der Waals surface area contributed by atoms with Gasteiger partial charge in [0.2, 0.25) is 5.91 Å². The van der Waals surface area contributed by atoms with Crippen molar-refractivity contribution < 1.29 is 9.59 Å². The molecular weight excluding hydrogens is 230 g/mol. The van der Waals surface area contributed by atoms with E-state index in [1.807, 2.05) is 4.90 Å². The fourth-order valence-corrected chi connectivity index (χ4v) is 2.25. The Hall–Kier alpha value is -1.54. The summed E-state index contributed by atoms with van der Waals surface area (Å²) in [6, 6.07) is -0.214. The third-order valence-electron chi connectivity index (χ3n) is 3.47. The SMILES string of the molecule is C#CCN1CCCC[C@@H]1C(=O)NNC(=O)C1CC1. The van der Waals surface area contributed by atoms with Crippen molar-refractivity contribution in [1.82, 2.24) is 15.8 Å². The molecule has 0 aromatic carbocycles. The van der Waals surface area contributed by atoms with Gasteiger partial charge in [0, 0.05) is 5.92 Å². The zero-order chi connectivity index (χ0) is 13.0. The molecule has 98 valence electrons. The van der Waals surface area contributed by atoms with E-state index in [0.717, 1.165) is 38.6 Å². The monoisotopic (exact) mass is 249 g/mol. The highest BCUT2D eigenvalue weighted by Gasteiger charge is 2.31. The predicted octanol–water partition coefficient (Wildman–Crippen LogP) is 0.0315. The van der Waals surface area contributed by atoms with E-state index in [1.165, 1.54) is 0 Å². The highest BCUT2D eigenvalue weighted by molar-refractivity contribution is 5.87. The number of carbonyl (C=O) groups excluding carboxylic acids is 2. The lowest BCUT2D eigenvalue weighted by molar-refractivity contribution is -0.133. The lowest BCUT2D eigenvalue weighted by Gasteiger charge is -2.33. The third-order valence-corrected chi connectivity index (χ3v) is 3.47. The summed E-state index contributed by atoms with van der Waals surface area (Å²) in [6.45, 7) is 1.33. The molecule has 0 bridgehead atoms. The predicted molar refractivity (Wildman–Crippen MR) is 67.1 cm³/mol. The fraction of sp³-hybridized carbons (Fsp3) is 0.692. The maximum absolute atomic E-state index is 12.0. The van der Waals surface area contributed by atoms with E-state index >= 15 is 0 Å². The molecule has 18 heavy (non-hydrogen) atoms. The molecule has 0 radical (unpaired) electrons. The van der Waals surface area contributed by atoms with E-state index in [4.69, 9.17) is 6.42 Å². The van der Waals surface area contributed by atoms with E-state index in [-0.39, 0.29) is 23.8 Å². The summed E-state index contributed by atoms with van der Waals surface area (Å²) >= 11 is 0. The molecule has 1 saturated carbocycles. The van der Waals surface area contributed by atoms with Gasteiger partial charge in [0.25, 0.3) is 5.91 Å². The normalized spacial score (nSPS) is 24.1. The molecule has 1 aliphatic carbocycles. The molecule has 5 nitrogen and oxygen atoms in total. The second kappa shape index (κ2) is 5.87. The molecule has 5 heteroatoms. The maximum atomic E-state index is 12.0. The largest absolute Gasteiger partial charge is 0.281 e. The molecule has 2 N–H and O–H groups in total. The van der Waals surface area contributed by atoms with Crippen LogP contribution in [0.5, 0.6) is 0 Å². The Bertz CT molecular complexity index is 371. The number of hydrazine groups is 1. The summed E-state index contributed by atoms with van der Waals surface area (Å²) in [6.07, 6.45) is 10.0. The number of piperidine rings is 1. The van der Waals surface area contributed by atoms with Crippen LogP contribution in [-0.4, -0.2) is 35.8 Å². The minimum Gasteiger partial charge on any atom is -0.281 e. The third kappa shape index (κ3) is 3.23. The van der Waals surface area contributed by atoms with Crippen LogP contribution in [0.15, 0.2) is 0 Å². The number of hydrogen-bond donors (Lipinski definition) is 2. The lowest BCUT2D eigenvalue weighted by Crippen LogP contribution is -2.54. The van der Waals surface area contributed by atoms with E-state index in [9.17, 15) is 9.59 Å². The van der Waals surface area contributed by atoms with Crippen molar-refractivity contribution >= 4 is 11.8 Å². The Morgan fingerprint density at radius 2 is 1.89 bits per heavy atom. The number of likely N-dealkylation sites (tertiary alicyclic amines) is 1. The molecule has 0 aromatic heterocycles. The van der Waals surface area contributed by atoms with Gasteiger partial charge in [-0.2, -0.15) is 0 Å². The second-order valence-electron chi connectivity index (χ2n) is 4.94. The number of rotatable bonds is 3. The summed E-state index contributed by atoms with van der Waals surface area (Å²) in [5, 5.41) is 0. The van der Waals surface area contributed by atoms with Gasteiger partial charge >= 0.3 is 0 Å². The first kappa shape index (κ1) is 12.9. The second-order valence-corrected chi connectivity index (χ2v) is 4.94. The van der Waals surface area contributed by atoms with Crippen molar-refractivity contribution in [2.24, 2.45) is 5.92 Å². The van der Waals surface area contributed by atoms with Crippen LogP contribution in [0.1, 0.15) is 32.1 Å². The van der Waals surface area contributed by atoms with Crippen molar-refractivity contribution in [3.8, 4) is 12.3 Å². The minimum absolute atomic E-state index is 0.0809. The van der Waals surface area contributed by atoms with Gasteiger partial charge < -0.3 is 0 Å². The van der Waals surface area contributed by atoms with E-state index < -0.39 is 0 Å². The Morgan fingerprint density at radius 1 is 1.17 bits per heavy atom. The van der Waals surface area contributed by atoms with E-state index in [1.54, 1.807) is 0 Å². The van der Waals surface area contributed by atoms with Gasteiger partial charge in [0.15, 0.2) is 0 Å².